The molecule has 0 bridgehead atoms. The fraction of sp³-hybridized carbons (Fsp3) is 0.188. The number of amides is 10. The van der Waals surface area contributed by atoms with E-state index >= 15 is 0 Å². The molecule has 550 valence electrons. The van der Waals surface area contributed by atoms with Crippen LogP contribution in [0.5, 0.6) is 0 Å². The molecule has 0 radical (unpaired) electrons. The van der Waals surface area contributed by atoms with E-state index in [2.05, 4.69) is 20.9 Å². The fourth-order valence-electron chi connectivity index (χ4n) is 12.7. The van der Waals surface area contributed by atoms with E-state index in [1.165, 1.54) is 105 Å². The molecule has 5 aliphatic rings. The van der Waals surface area contributed by atoms with Gasteiger partial charge in [0.05, 0.1) is 98.2 Å². The van der Waals surface area contributed by atoms with Gasteiger partial charge in [-0.3, -0.25) is 78.3 Å². The van der Waals surface area contributed by atoms with Crippen LogP contribution < -0.4 is 24.5 Å². The molecule has 10 amide bonds. The molecule has 7 heterocycles. The third-order valence-electron chi connectivity index (χ3n) is 18.0. The molecule has 108 heavy (non-hydrogen) atoms. The standard InChI is InChI=1S/3C16H12N2O4.C15H13NO2S.C14H12N2O2S.C2H6.CH3Br/c3*1-9-3-4-10(2)14-13(9)15(19)17(16(14)20)11-5-7-12(8-6-11)18(21)22;1-8-4-5-9(2)13-12(8)14(17)16(15(13)18)11-6-10(3)19-7-11;1-7-4-5-8(2)12-11(7)13(17)16(14(12)18)10-6-19-9(3)15-10;2*1-2/h3*3-8H,1-2H3;4-7H,1-3H3;4-6H,1-3H3;1-2H3;1H3. The molecule has 28 heteroatoms. The van der Waals surface area contributed by atoms with Crippen LogP contribution in [0.4, 0.5) is 45.6 Å². The van der Waals surface area contributed by atoms with Gasteiger partial charge in [-0.05, 0) is 187 Å². The van der Waals surface area contributed by atoms with Gasteiger partial charge < -0.3 is 0 Å². The Morgan fingerprint density at radius 2 is 0.481 bits per heavy atom. The number of aromatic nitrogens is 1. The van der Waals surface area contributed by atoms with Crippen LogP contribution in [0.3, 0.4) is 0 Å². The number of fused-ring (bicyclic) bond motifs is 5. The average molecular weight is 1560 g/mol. The van der Waals surface area contributed by atoms with Gasteiger partial charge >= 0.3 is 0 Å². The van der Waals surface area contributed by atoms with E-state index in [1.807, 2.05) is 96.9 Å². The number of carbonyl (C=O) groups is 10. The summed E-state index contributed by atoms with van der Waals surface area (Å²) in [6.45, 7) is 25.9. The van der Waals surface area contributed by atoms with Crippen molar-refractivity contribution in [3.05, 3.63) is 302 Å². The lowest BCUT2D eigenvalue weighted by Crippen LogP contribution is -2.29. The number of rotatable bonds is 8. The lowest BCUT2D eigenvalue weighted by molar-refractivity contribution is -0.385. The number of nitrogens with zero attached hydrogens (tertiary/aromatic N) is 9. The summed E-state index contributed by atoms with van der Waals surface area (Å²) in [6, 6.07) is 36.3. The van der Waals surface area contributed by atoms with Crippen LogP contribution in [0, 0.1) is 113 Å². The van der Waals surface area contributed by atoms with Crippen LogP contribution in [0.15, 0.2) is 150 Å². The molecule has 5 aliphatic heterocycles. The predicted octanol–water partition coefficient (Wildman–Crippen LogP) is 17.4. The zero-order valence-electron chi connectivity index (χ0n) is 61.2. The second-order valence-electron chi connectivity index (χ2n) is 24.9. The SMILES string of the molecule is CBr.CC.Cc1cc(N2C(=O)c3c(C)ccc(C)c3C2=O)cs1.Cc1ccc(C)c2c1C(=O)N(c1ccc([N+](=O)[O-])cc1)C2=O.Cc1ccc(C)c2c1C(=O)N(c1ccc([N+](=O)[O-])cc1)C2=O.Cc1ccc(C)c2c1C(=O)N(c1ccc([N+](=O)[O-])cc1)C2=O.Cc1nc(N2C(=O)c3c(C)ccc(C)c3C2=O)cs1. The number of hydrogen-bond acceptors (Lipinski definition) is 19. The molecule has 0 saturated carbocycles. The molecule has 0 spiro atoms. The van der Waals surface area contributed by atoms with E-state index in [0.29, 0.717) is 84.2 Å². The average Bonchev–Trinajstić information content (AvgIpc) is 1.64. The van der Waals surface area contributed by atoms with E-state index in [0.717, 1.165) is 80.2 Å². The van der Waals surface area contributed by atoms with Crippen molar-refractivity contribution in [1.29, 1.82) is 0 Å². The van der Waals surface area contributed by atoms with Crippen LogP contribution in [0.25, 0.3) is 0 Å². The Morgan fingerprint density at radius 3 is 0.648 bits per heavy atom. The zero-order chi connectivity index (χ0) is 79.5. The number of alkyl halides is 1. The first-order valence-electron chi connectivity index (χ1n) is 33.3. The number of halogens is 1. The molecule has 0 fully saturated rings. The van der Waals surface area contributed by atoms with Gasteiger partial charge in [0.2, 0.25) is 0 Å². The first-order valence-corrected chi connectivity index (χ1v) is 36.6. The Hall–Kier alpha value is -12.5. The van der Waals surface area contributed by atoms with E-state index in [4.69, 9.17) is 0 Å². The van der Waals surface area contributed by atoms with E-state index < -0.39 is 50.2 Å². The lowest BCUT2D eigenvalue weighted by atomic mass is 9.99. The highest BCUT2D eigenvalue weighted by molar-refractivity contribution is 9.08. The maximum atomic E-state index is 12.6. The largest absolute Gasteiger partial charge is 0.269 e. The van der Waals surface area contributed by atoms with Gasteiger partial charge in [0, 0.05) is 52.0 Å². The van der Waals surface area contributed by atoms with Crippen molar-refractivity contribution in [2.75, 3.05) is 30.3 Å². The van der Waals surface area contributed by atoms with E-state index in [1.54, 1.807) is 83.3 Å². The Labute approximate surface area is 636 Å². The van der Waals surface area contributed by atoms with Crippen LogP contribution in [-0.4, -0.2) is 84.7 Å². The molecular formula is C80H70BrN9O16S2. The maximum absolute atomic E-state index is 12.6. The Balaban J connectivity index is 0.000000154. The number of hydrogen-bond donors (Lipinski definition) is 0. The number of carbonyl (C=O) groups excluding carboxylic acids is 10. The molecule has 2 aromatic heterocycles. The topological polar surface area (TPSA) is 329 Å². The van der Waals surface area contributed by atoms with Crippen molar-refractivity contribution >= 4 is 143 Å². The number of nitro benzene ring substituents is 3. The number of thiophene rings is 1. The molecule has 0 N–H and O–H groups in total. The van der Waals surface area contributed by atoms with Crippen molar-refractivity contribution in [2.45, 2.75) is 96.9 Å². The smallest absolute Gasteiger partial charge is 0.268 e. The minimum absolute atomic E-state index is 0.0901. The van der Waals surface area contributed by atoms with Gasteiger partial charge in [0.15, 0.2) is 5.82 Å². The predicted molar refractivity (Wildman–Crippen MR) is 417 cm³/mol. The van der Waals surface area contributed by atoms with Gasteiger partial charge in [-0.25, -0.2) is 29.5 Å². The van der Waals surface area contributed by atoms with Gasteiger partial charge in [-0.1, -0.05) is 90.4 Å². The quantitative estimate of drug-likeness (QED) is 0.0590. The minimum atomic E-state index is -0.527. The number of nitro groups is 3. The number of thiazole rings is 1. The number of non-ortho nitro benzene ring substituents is 3. The van der Waals surface area contributed by atoms with Crippen molar-refractivity contribution < 1.29 is 62.7 Å². The summed E-state index contributed by atoms with van der Waals surface area (Å²) >= 11 is 5.90. The molecule has 0 atom stereocenters. The summed E-state index contributed by atoms with van der Waals surface area (Å²) in [5.41, 5.74) is 13.7. The normalized spacial score (nSPS) is 13.3. The Bertz CT molecular complexity index is 4810. The minimum Gasteiger partial charge on any atom is -0.268 e. The van der Waals surface area contributed by atoms with Crippen molar-refractivity contribution in [3.8, 4) is 0 Å². The summed E-state index contributed by atoms with van der Waals surface area (Å²) in [4.78, 5) is 167. The maximum Gasteiger partial charge on any atom is 0.269 e. The van der Waals surface area contributed by atoms with Crippen LogP contribution >= 0.6 is 38.6 Å². The van der Waals surface area contributed by atoms with Crippen molar-refractivity contribution in [3.63, 3.8) is 0 Å². The second-order valence-corrected chi connectivity index (χ2v) is 27.1. The Morgan fingerprint density at radius 1 is 0.287 bits per heavy atom. The number of benzene rings is 8. The number of aryl methyl sites for hydroxylation is 12. The molecule has 25 nitrogen and oxygen atoms in total. The Kier molecular flexibility index (Phi) is 23.9. The van der Waals surface area contributed by atoms with E-state index in [-0.39, 0.29) is 40.7 Å². The second kappa shape index (κ2) is 32.5. The monoisotopic (exact) mass is 1560 g/mol. The molecule has 10 aromatic rings. The van der Waals surface area contributed by atoms with E-state index in [9.17, 15) is 78.3 Å². The van der Waals surface area contributed by atoms with Gasteiger partial charge in [0.25, 0.3) is 76.1 Å². The third kappa shape index (κ3) is 14.8. The first-order chi connectivity index (χ1) is 51.2. The molecular weight excluding hydrogens is 1490 g/mol. The number of imide groups is 5. The van der Waals surface area contributed by atoms with Crippen LogP contribution in [-0.2, 0) is 0 Å². The van der Waals surface area contributed by atoms with Gasteiger partial charge in [0.1, 0.15) is 0 Å². The fourth-order valence-corrected chi connectivity index (χ4v) is 14.0. The molecule has 0 aliphatic carbocycles. The lowest BCUT2D eigenvalue weighted by Gasteiger charge is -2.13. The van der Waals surface area contributed by atoms with Crippen molar-refractivity contribution in [1.82, 2.24) is 4.98 Å². The summed E-state index contributed by atoms with van der Waals surface area (Å²) in [5.74, 6) is -1.09. The first kappa shape index (κ1) is 79.6. The third-order valence-corrected chi connectivity index (χ3v) is 19.7. The molecule has 0 unspecified atom stereocenters. The van der Waals surface area contributed by atoms with Gasteiger partial charge in [-0.15, -0.1) is 22.7 Å². The highest BCUT2D eigenvalue weighted by atomic mass is 79.9. The summed E-state index contributed by atoms with van der Waals surface area (Å²) < 4.78 is 0. The molecule has 8 aromatic carbocycles. The van der Waals surface area contributed by atoms with Crippen molar-refractivity contribution in [2.24, 2.45) is 0 Å². The molecule has 0 saturated heterocycles. The summed E-state index contributed by atoms with van der Waals surface area (Å²) in [5, 5.41) is 36.5. The summed E-state index contributed by atoms with van der Waals surface area (Å²) in [6.07, 6.45) is 0. The summed E-state index contributed by atoms with van der Waals surface area (Å²) in [7, 11) is 0. The van der Waals surface area contributed by atoms with Gasteiger partial charge in [-0.2, -0.15) is 0 Å². The van der Waals surface area contributed by atoms with Crippen LogP contribution in [0.2, 0.25) is 0 Å². The highest BCUT2D eigenvalue weighted by Crippen LogP contribution is 2.39. The zero-order valence-corrected chi connectivity index (χ0v) is 64.4. The molecule has 15 rings (SSSR count). The number of anilines is 5. The highest BCUT2D eigenvalue weighted by Gasteiger charge is 2.44. The van der Waals surface area contributed by atoms with Crippen LogP contribution in [0.1, 0.15) is 183 Å².